The smallest absolute Gasteiger partial charge is 0.271 e. The van der Waals surface area contributed by atoms with E-state index in [1.54, 1.807) is 17.2 Å². The number of carbonyl (C=O) groups is 2. The number of aromatic nitrogens is 1. The van der Waals surface area contributed by atoms with Gasteiger partial charge in [-0.15, -0.1) is 0 Å². The molecule has 0 saturated heterocycles. The fourth-order valence-electron chi connectivity index (χ4n) is 5.14. The molecule has 3 heterocycles. The molecule has 1 N–H and O–H groups in total. The van der Waals surface area contributed by atoms with Gasteiger partial charge in [0.15, 0.2) is 5.58 Å². The summed E-state index contributed by atoms with van der Waals surface area (Å²) in [5.41, 5.74) is 3.28. The van der Waals surface area contributed by atoms with Gasteiger partial charge in [0.25, 0.3) is 5.91 Å². The molecule has 1 aromatic carbocycles. The molecule has 2 amide bonds. The van der Waals surface area contributed by atoms with Gasteiger partial charge in [0.05, 0.1) is 18.3 Å². The van der Waals surface area contributed by atoms with Crippen LogP contribution in [0.5, 0.6) is 0 Å². The van der Waals surface area contributed by atoms with Crippen LogP contribution in [0, 0.1) is 12.8 Å². The Kier molecular flexibility index (Phi) is 5.11. The predicted octanol–water partition coefficient (Wildman–Crippen LogP) is 4.65. The molecule has 3 aromatic rings. The summed E-state index contributed by atoms with van der Waals surface area (Å²) >= 11 is 0. The third kappa shape index (κ3) is 3.51. The molecule has 1 fully saturated rings. The second-order valence-corrected chi connectivity index (χ2v) is 9.87. The number of hydrogen-bond acceptors (Lipinski definition) is 3. The van der Waals surface area contributed by atoms with Crippen LogP contribution in [-0.4, -0.2) is 32.9 Å². The Morgan fingerprint density at radius 2 is 1.88 bits per heavy atom. The molecule has 1 atom stereocenters. The van der Waals surface area contributed by atoms with E-state index in [2.05, 4.69) is 12.2 Å². The van der Waals surface area contributed by atoms with Crippen molar-refractivity contribution in [1.82, 2.24) is 14.8 Å². The van der Waals surface area contributed by atoms with Crippen LogP contribution in [0.3, 0.4) is 0 Å². The Hall–Kier alpha value is -3.02. The highest BCUT2D eigenvalue weighted by Crippen LogP contribution is 2.34. The van der Waals surface area contributed by atoms with E-state index in [1.807, 2.05) is 48.7 Å². The zero-order chi connectivity index (χ0) is 22.5. The average molecular weight is 434 g/mol. The van der Waals surface area contributed by atoms with E-state index in [1.165, 1.54) is 5.56 Å². The second kappa shape index (κ2) is 7.84. The number of nitrogens with zero attached hydrogens (tertiary/aromatic N) is 2. The maximum atomic E-state index is 13.7. The van der Waals surface area contributed by atoms with E-state index in [0.717, 1.165) is 36.8 Å². The largest absolute Gasteiger partial charge is 0.463 e. The Labute approximate surface area is 188 Å². The minimum absolute atomic E-state index is 0.0755. The van der Waals surface area contributed by atoms with Crippen molar-refractivity contribution in [2.45, 2.75) is 71.1 Å². The van der Waals surface area contributed by atoms with Crippen molar-refractivity contribution in [3.63, 3.8) is 0 Å². The zero-order valence-corrected chi connectivity index (χ0v) is 19.1. The number of rotatable bonds is 4. The van der Waals surface area contributed by atoms with Crippen LogP contribution in [-0.2, 0) is 17.9 Å². The van der Waals surface area contributed by atoms with E-state index >= 15 is 0 Å². The molecular formula is C26H31N3O3. The van der Waals surface area contributed by atoms with Crippen molar-refractivity contribution in [2.75, 3.05) is 0 Å². The fraction of sp³-hybridized carbons (Fsp3) is 0.462. The van der Waals surface area contributed by atoms with Crippen LogP contribution in [0.15, 0.2) is 47.1 Å². The summed E-state index contributed by atoms with van der Waals surface area (Å²) in [5, 5.41) is 3.29. The lowest BCUT2D eigenvalue weighted by Crippen LogP contribution is -2.64. The van der Waals surface area contributed by atoms with Crippen molar-refractivity contribution in [3.8, 4) is 0 Å². The first-order chi connectivity index (χ1) is 15.3. The quantitative estimate of drug-likeness (QED) is 0.651. The number of amides is 2. The number of furan rings is 1. The Balaban J connectivity index is 1.50. The third-order valence-electron chi connectivity index (χ3n) is 7.35. The van der Waals surface area contributed by atoms with Gasteiger partial charge in [-0.25, -0.2) is 0 Å². The molecule has 1 aliphatic heterocycles. The highest BCUT2D eigenvalue weighted by atomic mass is 16.3. The van der Waals surface area contributed by atoms with E-state index in [-0.39, 0.29) is 17.9 Å². The summed E-state index contributed by atoms with van der Waals surface area (Å²) in [7, 11) is 0. The van der Waals surface area contributed by atoms with Crippen LogP contribution in [0.25, 0.3) is 11.1 Å². The van der Waals surface area contributed by atoms with Gasteiger partial charge in [0, 0.05) is 24.7 Å². The zero-order valence-electron chi connectivity index (χ0n) is 19.1. The Bertz CT molecular complexity index is 1150. The minimum Gasteiger partial charge on any atom is -0.463 e. The number of nitrogens with one attached hydrogen (secondary N) is 1. The summed E-state index contributed by atoms with van der Waals surface area (Å²) in [6.07, 6.45) is 5.88. The summed E-state index contributed by atoms with van der Waals surface area (Å²) < 4.78 is 7.49. The lowest BCUT2D eigenvalue weighted by molar-refractivity contribution is -0.134. The highest BCUT2D eigenvalue weighted by molar-refractivity contribution is 6.02. The standard InChI is InChI=1S/C26H31N3O3/c1-17-4-8-19(9-5-17)15-29-24(30)22-14-23-21(12-13-32-23)28(22)16-26(29,3)25(31)27-20-10-6-18(2)7-11-20/h4-5,8-9,12-14,18,20H,6-7,10-11,15-16H2,1-3H3,(H,27,31). The van der Waals surface area contributed by atoms with Gasteiger partial charge < -0.3 is 19.2 Å². The number of carbonyl (C=O) groups excluding carboxylic acids is 2. The van der Waals surface area contributed by atoms with Crippen LogP contribution in [0.1, 0.15) is 61.1 Å². The second-order valence-electron chi connectivity index (χ2n) is 9.87. The van der Waals surface area contributed by atoms with E-state index in [4.69, 9.17) is 4.42 Å². The maximum absolute atomic E-state index is 13.7. The van der Waals surface area contributed by atoms with Gasteiger partial charge in [0.1, 0.15) is 11.2 Å². The topological polar surface area (TPSA) is 67.5 Å². The number of hydrogen-bond donors (Lipinski definition) is 1. The van der Waals surface area contributed by atoms with E-state index < -0.39 is 5.54 Å². The molecule has 2 aliphatic rings. The predicted molar refractivity (Wildman–Crippen MR) is 123 cm³/mol. The molecule has 0 radical (unpaired) electrons. The molecule has 0 spiro atoms. The van der Waals surface area contributed by atoms with Gasteiger partial charge >= 0.3 is 0 Å². The summed E-state index contributed by atoms with van der Waals surface area (Å²) in [6, 6.07) is 12.0. The molecule has 1 aliphatic carbocycles. The lowest BCUT2D eigenvalue weighted by atomic mass is 9.86. The molecule has 2 aromatic heterocycles. The SMILES string of the molecule is Cc1ccc(CN2C(=O)c3cc4occc4n3CC2(C)C(=O)NC2CCC(C)CC2)cc1. The molecule has 1 unspecified atom stereocenters. The van der Waals surface area contributed by atoms with Crippen molar-refractivity contribution in [2.24, 2.45) is 5.92 Å². The van der Waals surface area contributed by atoms with Gasteiger partial charge in [-0.05, 0) is 51.0 Å². The van der Waals surface area contributed by atoms with Crippen LogP contribution in [0.4, 0.5) is 0 Å². The van der Waals surface area contributed by atoms with Gasteiger partial charge in [-0.3, -0.25) is 9.59 Å². The number of aryl methyl sites for hydroxylation is 1. The fourth-order valence-corrected chi connectivity index (χ4v) is 5.14. The summed E-state index contributed by atoms with van der Waals surface area (Å²) in [4.78, 5) is 29.2. The lowest BCUT2D eigenvalue weighted by Gasteiger charge is -2.45. The van der Waals surface area contributed by atoms with Crippen LogP contribution in [0.2, 0.25) is 0 Å². The summed E-state index contributed by atoms with van der Waals surface area (Å²) in [6.45, 7) is 7.00. The minimum atomic E-state index is -0.999. The molecule has 6 nitrogen and oxygen atoms in total. The first kappa shape index (κ1) is 20.9. The van der Waals surface area contributed by atoms with Crippen LogP contribution >= 0.6 is 0 Å². The van der Waals surface area contributed by atoms with Crippen molar-refractivity contribution in [1.29, 1.82) is 0 Å². The van der Waals surface area contributed by atoms with Crippen molar-refractivity contribution in [3.05, 3.63) is 59.5 Å². The molecule has 1 saturated carbocycles. The highest BCUT2D eigenvalue weighted by Gasteiger charge is 2.48. The van der Waals surface area contributed by atoms with Crippen molar-refractivity contribution < 1.29 is 14.0 Å². The first-order valence-corrected chi connectivity index (χ1v) is 11.6. The molecule has 6 heteroatoms. The number of benzene rings is 1. The molecular weight excluding hydrogens is 402 g/mol. The average Bonchev–Trinajstić information content (AvgIpc) is 3.36. The first-order valence-electron chi connectivity index (χ1n) is 11.6. The molecule has 32 heavy (non-hydrogen) atoms. The molecule has 168 valence electrons. The monoisotopic (exact) mass is 433 g/mol. The van der Waals surface area contributed by atoms with Gasteiger partial charge in [-0.1, -0.05) is 36.8 Å². The molecule has 5 rings (SSSR count). The normalized spacial score (nSPS) is 25.7. The Morgan fingerprint density at radius 3 is 2.59 bits per heavy atom. The molecule has 0 bridgehead atoms. The van der Waals surface area contributed by atoms with E-state index in [9.17, 15) is 9.59 Å². The maximum Gasteiger partial charge on any atom is 0.271 e. The van der Waals surface area contributed by atoms with E-state index in [0.29, 0.717) is 30.3 Å². The van der Waals surface area contributed by atoms with Crippen molar-refractivity contribution >= 4 is 22.9 Å². The summed E-state index contributed by atoms with van der Waals surface area (Å²) in [5.74, 6) is 0.497. The van der Waals surface area contributed by atoms with Gasteiger partial charge in [-0.2, -0.15) is 0 Å². The van der Waals surface area contributed by atoms with Gasteiger partial charge in [0.2, 0.25) is 5.91 Å². The third-order valence-corrected chi connectivity index (χ3v) is 7.35. The Morgan fingerprint density at radius 1 is 1.16 bits per heavy atom. The number of fused-ring (bicyclic) bond motifs is 3. The van der Waals surface area contributed by atoms with Crippen LogP contribution < -0.4 is 5.32 Å².